The number of nitrogens with zero attached hydrogens (tertiary/aromatic N) is 5. The number of aryl methyl sites for hydroxylation is 1. The number of phenolic OH excluding ortho intramolecular Hbond substituents is 1. The van der Waals surface area contributed by atoms with Crippen LogP contribution in [0.25, 0.3) is 22.2 Å². The number of rotatable bonds is 4. The van der Waals surface area contributed by atoms with Crippen LogP contribution in [0.15, 0.2) is 64.6 Å². The summed E-state index contributed by atoms with van der Waals surface area (Å²) in [6.07, 6.45) is 0. The smallest absolute Gasteiger partial charge is 0.196 e. The van der Waals surface area contributed by atoms with Gasteiger partial charge in [0.2, 0.25) is 0 Å². The van der Waals surface area contributed by atoms with Crippen LogP contribution >= 0.6 is 11.8 Å². The van der Waals surface area contributed by atoms with Crippen LogP contribution in [0, 0.1) is 6.92 Å². The Hall–Kier alpha value is -3.03. The van der Waals surface area contributed by atoms with Crippen LogP contribution in [0.2, 0.25) is 0 Å². The average molecular weight is 446 g/mol. The first kappa shape index (κ1) is 20.8. The number of benzene rings is 3. The number of fused-ring (bicyclic) bond motifs is 1. The standard InChI is InChI=1S/C25H27N5OS/c1-17-8-10-18(11-9-17)24-26-27-25(29(24)3)32-23-20-7-5-4-6-19(20)21(16-22(23)31)30-14-12-28(2)13-15-30/h4-11,16,31H,12-15H2,1-3H3. The summed E-state index contributed by atoms with van der Waals surface area (Å²) in [4.78, 5) is 5.51. The lowest BCUT2D eigenvalue weighted by Gasteiger charge is -2.35. The fraction of sp³-hybridized carbons (Fsp3) is 0.280. The molecule has 0 atom stereocenters. The molecule has 0 bridgehead atoms. The molecule has 3 aromatic carbocycles. The van der Waals surface area contributed by atoms with E-state index in [4.69, 9.17) is 0 Å². The van der Waals surface area contributed by atoms with E-state index >= 15 is 0 Å². The van der Waals surface area contributed by atoms with Gasteiger partial charge in [0.25, 0.3) is 0 Å². The number of hydrogen-bond donors (Lipinski definition) is 1. The lowest BCUT2D eigenvalue weighted by Crippen LogP contribution is -2.44. The van der Waals surface area contributed by atoms with Crippen LogP contribution in [-0.2, 0) is 7.05 Å². The molecule has 164 valence electrons. The van der Waals surface area contributed by atoms with Crippen molar-refractivity contribution in [1.29, 1.82) is 0 Å². The number of piperazine rings is 1. The van der Waals surface area contributed by atoms with E-state index in [2.05, 4.69) is 76.4 Å². The van der Waals surface area contributed by atoms with Crippen LogP contribution < -0.4 is 4.90 Å². The molecular weight excluding hydrogens is 418 g/mol. The summed E-state index contributed by atoms with van der Waals surface area (Å²) in [6, 6.07) is 18.5. The third-order valence-electron chi connectivity index (χ3n) is 6.14. The number of phenols is 1. The molecule has 7 heteroatoms. The molecule has 0 unspecified atom stereocenters. The van der Waals surface area contributed by atoms with Crippen molar-refractivity contribution in [3.05, 3.63) is 60.2 Å². The maximum absolute atomic E-state index is 11.1. The first-order valence-corrected chi connectivity index (χ1v) is 11.7. The van der Waals surface area contributed by atoms with Gasteiger partial charge in [0, 0.05) is 61.3 Å². The van der Waals surface area contributed by atoms with Crippen LogP contribution in [0.5, 0.6) is 5.75 Å². The predicted octanol–water partition coefficient (Wildman–Crippen LogP) is 4.55. The van der Waals surface area contributed by atoms with Crippen molar-refractivity contribution in [1.82, 2.24) is 19.7 Å². The quantitative estimate of drug-likeness (QED) is 0.497. The van der Waals surface area contributed by atoms with E-state index in [1.54, 1.807) is 0 Å². The Balaban J connectivity index is 1.53. The molecule has 6 nitrogen and oxygen atoms in total. The minimum absolute atomic E-state index is 0.280. The van der Waals surface area contributed by atoms with E-state index < -0.39 is 0 Å². The molecule has 5 rings (SSSR count). The topological polar surface area (TPSA) is 57.4 Å². The highest BCUT2D eigenvalue weighted by atomic mass is 32.2. The van der Waals surface area contributed by atoms with Gasteiger partial charge in [-0.2, -0.15) is 0 Å². The molecule has 0 radical (unpaired) electrons. The van der Waals surface area contributed by atoms with Crippen molar-refractivity contribution in [3.63, 3.8) is 0 Å². The third kappa shape index (κ3) is 3.82. The van der Waals surface area contributed by atoms with E-state index in [1.165, 1.54) is 17.3 Å². The second-order valence-corrected chi connectivity index (χ2v) is 9.39. The van der Waals surface area contributed by atoms with Gasteiger partial charge < -0.3 is 19.5 Å². The Labute approximate surface area is 192 Å². The molecule has 1 fully saturated rings. The fourth-order valence-corrected chi connectivity index (χ4v) is 5.12. The summed E-state index contributed by atoms with van der Waals surface area (Å²) in [7, 11) is 4.12. The summed E-state index contributed by atoms with van der Waals surface area (Å²) in [5, 5.41) is 22.8. The average Bonchev–Trinajstić information content (AvgIpc) is 3.16. The van der Waals surface area contributed by atoms with Gasteiger partial charge in [-0.15, -0.1) is 10.2 Å². The normalized spacial score (nSPS) is 14.9. The van der Waals surface area contributed by atoms with E-state index in [1.807, 2.05) is 23.7 Å². The van der Waals surface area contributed by atoms with Crippen molar-refractivity contribution in [2.24, 2.45) is 7.05 Å². The van der Waals surface area contributed by atoms with E-state index in [9.17, 15) is 5.11 Å². The van der Waals surface area contributed by atoms with Gasteiger partial charge in [0.05, 0.1) is 4.90 Å². The molecule has 0 spiro atoms. The lowest BCUT2D eigenvalue weighted by atomic mass is 10.1. The number of aromatic nitrogens is 3. The first-order valence-electron chi connectivity index (χ1n) is 10.8. The molecule has 0 saturated carbocycles. The third-order valence-corrected chi connectivity index (χ3v) is 7.31. The number of aromatic hydroxyl groups is 1. The Bertz CT molecular complexity index is 1260. The van der Waals surface area contributed by atoms with Crippen molar-refractivity contribution < 1.29 is 5.11 Å². The fourth-order valence-electron chi connectivity index (χ4n) is 4.18. The molecule has 1 aliphatic rings. The monoisotopic (exact) mass is 445 g/mol. The summed E-state index contributed by atoms with van der Waals surface area (Å²) < 4.78 is 1.98. The summed E-state index contributed by atoms with van der Waals surface area (Å²) in [5.74, 6) is 1.09. The highest BCUT2D eigenvalue weighted by molar-refractivity contribution is 7.99. The second kappa shape index (κ2) is 8.48. The lowest BCUT2D eigenvalue weighted by molar-refractivity contribution is 0.313. The van der Waals surface area contributed by atoms with Gasteiger partial charge in [0.1, 0.15) is 5.75 Å². The Morgan fingerprint density at radius 1 is 0.875 bits per heavy atom. The zero-order valence-corrected chi connectivity index (χ0v) is 19.4. The summed E-state index contributed by atoms with van der Waals surface area (Å²) >= 11 is 1.46. The van der Waals surface area contributed by atoms with Crippen LogP contribution in [0.1, 0.15) is 5.56 Å². The molecule has 32 heavy (non-hydrogen) atoms. The Morgan fingerprint density at radius 2 is 1.56 bits per heavy atom. The van der Waals surface area contributed by atoms with Gasteiger partial charge >= 0.3 is 0 Å². The minimum atomic E-state index is 0.280. The van der Waals surface area contributed by atoms with Gasteiger partial charge in [-0.3, -0.25) is 0 Å². The van der Waals surface area contributed by atoms with Crippen molar-refractivity contribution in [2.45, 2.75) is 17.0 Å². The van der Waals surface area contributed by atoms with E-state index in [0.717, 1.165) is 64.1 Å². The maximum Gasteiger partial charge on any atom is 0.196 e. The molecule has 0 amide bonds. The van der Waals surface area contributed by atoms with Crippen molar-refractivity contribution >= 4 is 28.2 Å². The predicted molar refractivity (Wildman–Crippen MR) is 131 cm³/mol. The number of anilines is 1. The van der Waals surface area contributed by atoms with Gasteiger partial charge in [-0.1, -0.05) is 54.1 Å². The minimum Gasteiger partial charge on any atom is -0.507 e. The molecule has 1 saturated heterocycles. The van der Waals surface area contributed by atoms with Crippen LogP contribution in [0.4, 0.5) is 5.69 Å². The molecule has 1 aromatic heterocycles. The first-order chi connectivity index (χ1) is 15.5. The molecule has 1 aliphatic heterocycles. The maximum atomic E-state index is 11.1. The largest absolute Gasteiger partial charge is 0.507 e. The molecule has 0 aliphatic carbocycles. The zero-order chi connectivity index (χ0) is 22.2. The van der Waals surface area contributed by atoms with Gasteiger partial charge in [-0.25, -0.2) is 0 Å². The number of likely N-dealkylation sites (N-methyl/N-ethyl adjacent to an activating group) is 1. The molecule has 4 aromatic rings. The Kier molecular flexibility index (Phi) is 5.53. The van der Waals surface area contributed by atoms with Crippen LogP contribution in [-0.4, -0.2) is 58.0 Å². The Morgan fingerprint density at radius 3 is 2.28 bits per heavy atom. The summed E-state index contributed by atoms with van der Waals surface area (Å²) in [5.41, 5.74) is 3.33. The summed E-state index contributed by atoms with van der Waals surface area (Å²) in [6.45, 7) is 6.02. The highest BCUT2D eigenvalue weighted by Gasteiger charge is 2.21. The SMILES string of the molecule is Cc1ccc(-c2nnc(Sc3c(O)cc(N4CCN(C)CC4)c4ccccc34)n2C)cc1. The van der Waals surface area contributed by atoms with Crippen LogP contribution in [0.3, 0.4) is 0 Å². The van der Waals surface area contributed by atoms with Crippen molar-refractivity contribution in [2.75, 3.05) is 38.1 Å². The van der Waals surface area contributed by atoms with E-state index in [-0.39, 0.29) is 5.75 Å². The molecule has 1 N–H and O–H groups in total. The van der Waals surface area contributed by atoms with Crippen molar-refractivity contribution in [3.8, 4) is 17.1 Å². The number of hydrogen-bond acceptors (Lipinski definition) is 6. The highest BCUT2D eigenvalue weighted by Crippen LogP contribution is 2.44. The van der Waals surface area contributed by atoms with Gasteiger partial charge in [-0.05, 0) is 25.7 Å². The molecular formula is C25H27N5OS. The second-order valence-electron chi connectivity index (χ2n) is 8.41. The zero-order valence-electron chi connectivity index (χ0n) is 18.6. The molecule has 2 heterocycles. The van der Waals surface area contributed by atoms with E-state index in [0.29, 0.717) is 0 Å². The van der Waals surface area contributed by atoms with Gasteiger partial charge in [0.15, 0.2) is 11.0 Å².